The molecule has 2 aromatic carbocycles. The zero-order valence-electron chi connectivity index (χ0n) is 16.7. The van der Waals surface area contributed by atoms with Crippen molar-refractivity contribution < 1.29 is 9.53 Å². The molecule has 5 heteroatoms. The van der Waals surface area contributed by atoms with Crippen molar-refractivity contribution in [1.29, 1.82) is 0 Å². The van der Waals surface area contributed by atoms with Crippen LogP contribution >= 0.6 is 0 Å². The van der Waals surface area contributed by atoms with Crippen LogP contribution < -0.4 is 4.74 Å². The van der Waals surface area contributed by atoms with Gasteiger partial charge in [-0.3, -0.25) is 9.48 Å². The molecule has 2 heterocycles. The van der Waals surface area contributed by atoms with Crippen LogP contribution in [0.5, 0.6) is 5.75 Å². The number of rotatable bonds is 5. The van der Waals surface area contributed by atoms with E-state index in [1.54, 1.807) is 0 Å². The average Bonchev–Trinajstić information content (AvgIpc) is 3.55. The molecule has 29 heavy (non-hydrogen) atoms. The Morgan fingerprint density at radius 3 is 2.62 bits per heavy atom. The topological polar surface area (TPSA) is 47.4 Å². The first-order valence-corrected chi connectivity index (χ1v) is 10.8. The van der Waals surface area contributed by atoms with Gasteiger partial charge in [0.2, 0.25) is 0 Å². The molecular formula is C24H27N3O2. The van der Waals surface area contributed by atoms with E-state index < -0.39 is 0 Å². The van der Waals surface area contributed by atoms with Gasteiger partial charge < -0.3 is 9.64 Å². The molecule has 0 N–H and O–H groups in total. The molecule has 0 radical (unpaired) electrons. The van der Waals surface area contributed by atoms with Gasteiger partial charge in [0.15, 0.2) is 6.61 Å². The number of hydrogen-bond donors (Lipinski definition) is 0. The van der Waals surface area contributed by atoms with Crippen molar-refractivity contribution in [2.45, 2.75) is 44.6 Å². The highest BCUT2D eigenvalue weighted by Gasteiger charge is 2.25. The van der Waals surface area contributed by atoms with E-state index in [0.717, 1.165) is 53.6 Å². The van der Waals surface area contributed by atoms with Crippen molar-refractivity contribution in [2.75, 3.05) is 19.7 Å². The average molecular weight is 389 g/mol. The summed E-state index contributed by atoms with van der Waals surface area (Å²) < 4.78 is 8.17. The Labute approximate surface area is 171 Å². The highest BCUT2D eigenvalue weighted by molar-refractivity contribution is 5.99. The van der Waals surface area contributed by atoms with E-state index in [-0.39, 0.29) is 12.5 Å². The van der Waals surface area contributed by atoms with E-state index in [9.17, 15) is 4.79 Å². The van der Waals surface area contributed by atoms with E-state index in [1.165, 1.54) is 25.7 Å². The molecule has 1 saturated carbocycles. The van der Waals surface area contributed by atoms with Gasteiger partial charge in [-0.15, -0.1) is 0 Å². The van der Waals surface area contributed by atoms with Crippen LogP contribution in [0, 0.1) is 0 Å². The number of nitrogens with zero attached hydrogens (tertiary/aromatic N) is 3. The molecule has 5 nitrogen and oxygen atoms in total. The molecule has 1 amide bonds. The minimum atomic E-state index is 0.0830. The lowest BCUT2D eigenvalue weighted by Gasteiger charge is -2.21. The van der Waals surface area contributed by atoms with E-state index in [2.05, 4.69) is 34.2 Å². The number of aromatic nitrogens is 2. The van der Waals surface area contributed by atoms with Crippen LogP contribution in [0.2, 0.25) is 0 Å². The fraction of sp³-hybridized carbons (Fsp3) is 0.417. The lowest BCUT2D eigenvalue weighted by molar-refractivity contribution is -0.133. The maximum atomic E-state index is 12.7. The number of carbonyl (C=O) groups excluding carboxylic acids is 1. The third-order valence-electron chi connectivity index (χ3n) is 6.01. The van der Waals surface area contributed by atoms with Crippen LogP contribution in [-0.2, 0) is 4.79 Å². The molecule has 1 aliphatic carbocycles. The second-order valence-corrected chi connectivity index (χ2v) is 8.18. The first kappa shape index (κ1) is 18.2. The fourth-order valence-corrected chi connectivity index (χ4v) is 4.23. The fourth-order valence-electron chi connectivity index (χ4n) is 4.23. The Kier molecular flexibility index (Phi) is 4.96. The molecule has 0 atom stereocenters. The molecule has 1 aliphatic heterocycles. The molecule has 0 bridgehead atoms. The largest absolute Gasteiger partial charge is 0.483 e. The molecule has 3 aromatic rings. The van der Waals surface area contributed by atoms with Crippen LogP contribution in [0.25, 0.3) is 21.9 Å². The maximum Gasteiger partial charge on any atom is 0.260 e. The first-order valence-electron chi connectivity index (χ1n) is 10.8. The Bertz CT molecular complexity index is 1010. The van der Waals surface area contributed by atoms with Gasteiger partial charge in [-0.1, -0.05) is 43.2 Å². The lowest BCUT2D eigenvalue weighted by atomic mass is 9.99. The van der Waals surface area contributed by atoms with Gasteiger partial charge in [0, 0.05) is 30.4 Å². The summed E-state index contributed by atoms with van der Waals surface area (Å²) in [4.78, 5) is 14.7. The second-order valence-electron chi connectivity index (χ2n) is 8.18. The zero-order valence-corrected chi connectivity index (χ0v) is 16.7. The monoisotopic (exact) mass is 389 g/mol. The van der Waals surface area contributed by atoms with Crippen molar-refractivity contribution in [2.24, 2.45) is 0 Å². The predicted molar refractivity (Wildman–Crippen MR) is 114 cm³/mol. The van der Waals surface area contributed by atoms with Gasteiger partial charge in [-0.05, 0) is 42.5 Å². The minimum absolute atomic E-state index is 0.0830. The SMILES string of the molecule is O=C(COc1ccc2ccccc2c1-c1cnn(C2CC2)c1)N1CCCCCC1. The van der Waals surface area contributed by atoms with Gasteiger partial charge in [0.05, 0.1) is 12.2 Å². The standard InChI is InChI=1S/C24H27N3O2/c28-23(26-13-5-1-2-6-14-26)17-29-22-12-9-18-7-3-4-8-21(18)24(22)19-15-25-27(16-19)20-10-11-20/h3-4,7-9,12,15-16,20H,1-2,5-6,10-11,13-14,17H2. The van der Waals surface area contributed by atoms with Gasteiger partial charge >= 0.3 is 0 Å². The molecule has 150 valence electrons. The smallest absolute Gasteiger partial charge is 0.260 e. The number of carbonyl (C=O) groups is 1. The van der Waals surface area contributed by atoms with Crippen molar-refractivity contribution in [3.8, 4) is 16.9 Å². The molecule has 5 rings (SSSR count). The summed E-state index contributed by atoms with van der Waals surface area (Å²) in [6, 6.07) is 12.9. The Hall–Kier alpha value is -2.82. The van der Waals surface area contributed by atoms with Crippen LogP contribution in [0.1, 0.15) is 44.6 Å². The summed E-state index contributed by atoms with van der Waals surface area (Å²) in [5.74, 6) is 0.835. The van der Waals surface area contributed by atoms with Gasteiger partial charge in [-0.25, -0.2) is 0 Å². The Balaban J connectivity index is 1.44. The number of hydrogen-bond acceptors (Lipinski definition) is 3. The summed E-state index contributed by atoms with van der Waals surface area (Å²) in [6.45, 7) is 1.78. The van der Waals surface area contributed by atoms with Crippen LogP contribution in [0.3, 0.4) is 0 Å². The third-order valence-corrected chi connectivity index (χ3v) is 6.01. The number of ether oxygens (including phenoxy) is 1. The summed E-state index contributed by atoms with van der Waals surface area (Å²) in [6.07, 6.45) is 11.0. The predicted octanol–water partition coefficient (Wildman–Crippen LogP) is 4.82. The summed E-state index contributed by atoms with van der Waals surface area (Å²) in [5, 5.41) is 6.85. The van der Waals surface area contributed by atoms with Crippen molar-refractivity contribution >= 4 is 16.7 Å². The van der Waals surface area contributed by atoms with E-state index in [0.29, 0.717) is 6.04 Å². The lowest BCUT2D eigenvalue weighted by Crippen LogP contribution is -2.35. The number of fused-ring (bicyclic) bond motifs is 1. The second kappa shape index (κ2) is 7.90. The summed E-state index contributed by atoms with van der Waals surface area (Å²) in [7, 11) is 0. The molecule has 1 saturated heterocycles. The molecular weight excluding hydrogens is 362 g/mol. The third kappa shape index (κ3) is 3.86. The number of amides is 1. The highest BCUT2D eigenvalue weighted by atomic mass is 16.5. The molecule has 1 aromatic heterocycles. The maximum absolute atomic E-state index is 12.7. The van der Waals surface area contributed by atoms with Crippen LogP contribution in [0.4, 0.5) is 0 Å². The number of benzene rings is 2. The number of likely N-dealkylation sites (tertiary alicyclic amines) is 1. The van der Waals surface area contributed by atoms with Crippen molar-refractivity contribution in [3.05, 3.63) is 48.8 Å². The Morgan fingerprint density at radius 1 is 1.03 bits per heavy atom. The van der Waals surface area contributed by atoms with Gasteiger partial charge in [0.25, 0.3) is 5.91 Å². The van der Waals surface area contributed by atoms with Crippen LogP contribution in [-0.4, -0.2) is 40.3 Å². The first-order chi connectivity index (χ1) is 14.3. The summed E-state index contributed by atoms with van der Waals surface area (Å²) in [5.41, 5.74) is 2.07. The van der Waals surface area contributed by atoms with Gasteiger partial charge in [-0.2, -0.15) is 5.10 Å². The van der Waals surface area contributed by atoms with Crippen LogP contribution in [0.15, 0.2) is 48.8 Å². The molecule has 0 spiro atoms. The molecule has 0 unspecified atom stereocenters. The quantitative estimate of drug-likeness (QED) is 0.629. The van der Waals surface area contributed by atoms with Gasteiger partial charge in [0.1, 0.15) is 5.75 Å². The van der Waals surface area contributed by atoms with Crippen molar-refractivity contribution in [1.82, 2.24) is 14.7 Å². The highest BCUT2D eigenvalue weighted by Crippen LogP contribution is 2.40. The van der Waals surface area contributed by atoms with E-state index in [4.69, 9.17) is 4.74 Å². The van der Waals surface area contributed by atoms with E-state index >= 15 is 0 Å². The molecule has 2 fully saturated rings. The Morgan fingerprint density at radius 2 is 1.83 bits per heavy atom. The zero-order chi connectivity index (χ0) is 19.6. The van der Waals surface area contributed by atoms with Crippen molar-refractivity contribution in [3.63, 3.8) is 0 Å². The summed E-state index contributed by atoms with van der Waals surface area (Å²) >= 11 is 0. The van der Waals surface area contributed by atoms with E-state index in [1.807, 2.05) is 29.3 Å². The molecule has 2 aliphatic rings. The normalized spacial score (nSPS) is 17.3. The minimum Gasteiger partial charge on any atom is -0.483 e.